The standard InChI is InChI=1S/C58H56N4O2.C9H16.3C2H6/c1-13-18-22-54(58-48(17-5)49-21-19-20-38(7)57(49)64-58)62(40(9)24-26-45(16-4)36-60)53-34-30-47-27-31-50-52(33-29-46-28-32-51(53)56(47)55(46)50)61(39(8)23-25-44(15-3)35-59)41(10)43(12)63-42(11)37(6)14-2;1-4-6-8-9(3)7-5-2;3*1-2/h13-21,23-34H,3-4,11,22H2,1-2,5-10,12H3;4-6,9H,2,7-8H2,1,3H3;3*1-2H3/b18-13-,37-14-,39-23+,40-24+,43-41-,44-25+,45-26+,48-17-,58-54-;6-4-;;;. The van der Waals surface area contributed by atoms with E-state index in [1.807, 2.05) is 113 Å². The number of allylic oxidation sites excluding steroid dienone is 18. The van der Waals surface area contributed by atoms with Crippen LogP contribution in [-0.2, 0) is 4.74 Å². The van der Waals surface area contributed by atoms with Crippen LogP contribution in [0.2, 0.25) is 0 Å². The van der Waals surface area contributed by atoms with Crippen LogP contribution in [0.1, 0.15) is 136 Å². The van der Waals surface area contributed by atoms with Crippen LogP contribution < -0.4 is 20.4 Å². The molecule has 0 fully saturated rings. The normalized spacial score (nSPS) is 13.4. The molecule has 0 saturated heterocycles. The number of nitrogens with zero attached hydrogens (tertiary/aromatic N) is 4. The largest absolute Gasteiger partial charge is 0.461 e. The zero-order valence-electron chi connectivity index (χ0n) is 51.0. The fraction of sp³-hybridized carbons (Fsp3) is 0.288. The van der Waals surface area contributed by atoms with Crippen LogP contribution in [0.3, 0.4) is 0 Å². The van der Waals surface area contributed by atoms with Crippen molar-refractivity contribution >= 4 is 66.4 Å². The van der Waals surface area contributed by atoms with E-state index >= 15 is 0 Å². The third kappa shape index (κ3) is 16.6. The molecule has 0 bridgehead atoms. The Bertz CT molecular complexity index is 3520. The summed E-state index contributed by atoms with van der Waals surface area (Å²) in [6.07, 6.45) is 28.1. The van der Waals surface area contributed by atoms with Crippen LogP contribution in [0.25, 0.3) is 55.1 Å². The van der Waals surface area contributed by atoms with E-state index in [0.29, 0.717) is 29.1 Å². The first-order chi connectivity index (χ1) is 38.2. The molecule has 1 unspecified atom stereocenters. The van der Waals surface area contributed by atoms with Crippen molar-refractivity contribution in [2.24, 2.45) is 5.92 Å². The molecule has 0 aliphatic carbocycles. The van der Waals surface area contributed by atoms with Gasteiger partial charge in [-0.15, -0.1) is 6.58 Å². The predicted octanol–water partition coefficient (Wildman–Crippen LogP) is 20.9. The number of anilines is 2. The number of nitriles is 2. The lowest BCUT2D eigenvalue weighted by atomic mass is 9.91. The Morgan fingerprint density at radius 2 is 1.16 bits per heavy atom. The van der Waals surface area contributed by atoms with Gasteiger partial charge in [0.15, 0.2) is 5.42 Å². The molecular formula is C73H90N4O2. The van der Waals surface area contributed by atoms with Gasteiger partial charge in [-0.25, -0.2) is 0 Å². The van der Waals surface area contributed by atoms with Gasteiger partial charge in [-0.1, -0.05) is 177 Å². The maximum Gasteiger partial charge on any atom is 0.155 e. The van der Waals surface area contributed by atoms with Gasteiger partial charge in [0, 0.05) is 39.2 Å². The van der Waals surface area contributed by atoms with Crippen LogP contribution in [-0.4, -0.2) is 0 Å². The Balaban J connectivity index is 0.00000127. The molecule has 0 radical (unpaired) electrons. The van der Waals surface area contributed by atoms with Crippen molar-refractivity contribution in [3.05, 3.63) is 227 Å². The number of furan rings is 1. The summed E-state index contributed by atoms with van der Waals surface area (Å²) in [6, 6.07) is 28.2. The number of benzene rings is 5. The lowest BCUT2D eigenvalue weighted by Crippen LogP contribution is -2.32. The van der Waals surface area contributed by atoms with Crippen LogP contribution in [0.4, 0.5) is 11.4 Å². The number of rotatable bonds is 19. The summed E-state index contributed by atoms with van der Waals surface area (Å²) < 4.78 is 13.3. The minimum absolute atomic E-state index is 0.457. The van der Waals surface area contributed by atoms with Gasteiger partial charge < -0.3 is 19.0 Å². The van der Waals surface area contributed by atoms with Crippen molar-refractivity contribution in [2.45, 2.75) is 137 Å². The Kier molecular flexibility index (Phi) is 29.1. The van der Waals surface area contributed by atoms with Crippen molar-refractivity contribution in [1.29, 1.82) is 10.5 Å². The van der Waals surface area contributed by atoms with E-state index < -0.39 is 0 Å². The third-order valence-electron chi connectivity index (χ3n) is 13.2. The van der Waals surface area contributed by atoms with Gasteiger partial charge in [0.2, 0.25) is 0 Å². The van der Waals surface area contributed by atoms with E-state index in [9.17, 15) is 10.5 Å². The summed E-state index contributed by atoms with van der Waals surface area (Å²) in [5.74, 6) is 2.03. The molecule has 0 amide bonds. The smallest absolute Gasteiger partial charge is 0.155 e. The maximum atomic E-state index is 9.87. The number of ether oxygens (including phenoxy) is 1. The monoisotopic (exact) mass is 1050 g/mol. The molecule has 0 spiro atoms. The molecule has 414 valence electrons. The summed E-state index contributed by atoms with van der Waals surface area (Å²) in [7, 11) is 0. The third-order valence-corrected chi connectivity index (χ3v) is 13.2. The average molecular weight is 1060 g/mol. The molecule has 6 rings (SSSR count). The molecule has 0 aliphatic heterocycles. The number of fused-ring (bicyclic) bond motifs is 1. The minimum Gasteiger partial charge on any atom is -0.461 e. The van der Waals surface area contributed by atoms with Gasteiger partial charge in [-0.2, -0.15) is 10.5 Å². The molecule has 79 heavy (non-hydrogen) atoms. The fourth-order valence-corrected chi connectivity index (χ4v) is 8.92. The zero-order valence-corrected chi connectivity index (χ0v) is 51.0. The van der Waals surface area contributed by atoms with Crippen LogP contribution in [0.15, 0.2) is 216 Å². The topological polar surface area (TPSA) is 76.4 Å². The summed E-state index contributed by atoms with van der Waals surface area (Å²) in [5.41, 5.74) is 10.1. The van der Waals surface area contributed by atoms with Gasteiger partial charge in [0.1, 0.15) is 17.1 Å². The van der Waals surface area contributed by atoms with Gasteiger partial charge in [-0.3, -0.25) is 0 Å². The molecule has 1 atom stereocenters. The van der Waals surface area contributed by atoms with E-state index in [2.05, 4.69) is 180 Å². The molecular weight excluding hydrogens is 965 g/mol. The zero-order chi connectivity index (χ0) is 59.4. The van der Waals surface area contributed by atoms with E-state index in [4.69, 9.17) is 9.15 Å². The Morgan fingerprint density at radius 3 is 1.63 bits per heavy atom. The van der Waals surface area contributed by atoms with Crippen LogP contribution in [0.5, 0.6) is 0 Å². The first-order valence-corrected chi connectivity index (χ1v) is 28.0. The van der Waals surface area contributed by atoms with E-state index in [1.165, 1.54) is 6.42 Å². The van der Waals surface area contributed by atoms with Gasteiger partial charge in [0.05, 0.1) is 46.1 Å². The molecule has 6 nitrogen and oxygen atoms in total. The van der Waals surface area contributed by atoms with Crippen molar-refractivity contribution in [1.82, 2.24) is 0 Å². The van der Waals surface area contributed by atoms with E-state index in [0.717, 1.165) is 112 Å². The molecule has 6 heteroatoms. The number of para-hydroxylation sites is 1. The van der Waals surface area contributed by atoms with Gasteiger partial charge in [0.25, 0.3) is 0 Å². The fourth-order valence-electron chi connectivity index (χ4n) is 8.92. The van der Waals surface area contributed by atoms with Crippen molar-refractivity contribution in [3.63, 3.8) is 0 Å². The summed E-state index contributed by atoms with van der Waals surface area (Å²) in [5, 5.41) is 28.2. The van der Waals surface area contributed by atoms with Gasteiger partial charge in [-0.05, 0) is 157 Å². The highest BCUT2D eigenvalue weighted by molar-refractivity contribution is 6.27. The summed E-state index contributed by atoms with van der Waals surface area (Å²) in [6.45, 7) is 50.1. The second-order valence-electron chi connectivity index (χ2n) is 18.1. The van der Waals surface area contributed by atoms with Gasteiger partial charge >= 0.3 is 0 Å². The highest BCUT2D eigenvalue weighted by Crippen LogP contribution is 2.45. The van der Waals surface area contributed by atoms with E-state index in [1.54, 1.807) is 18.2 Å². The highest BCUT2D eigenvalue weighted by Gasteiger charge is 2.24. The molecule has 1 heterocycles. The molecule has 0 aliphatic rings. The Labute approximate surface area is 476 Å². The quantitative estimate of drug-likeness (QED) is 0.0264. The maximum absolute atomic E-state index is 9.87. The first-order valence-electron chi connectivity index (χ1n) is 28.0. The Morgan fingerprint density at radius 1 is 0.658 bits per heavy atom. The number of hydrogen-bond acceptors (Lipinski definition) is 6. The second kappa shape index (κ2) is 34.4. The molecule has 1 aromatic heterocycles. The molecule has 6 aromatic rings. The van der Waals surface area contributed by atoms with Crippen LogP contribution in [0, 0.1) is 35.5 Å². The summed E-state index contributed by atoms with van der Waals surface area (Å²) in [4.78, 5) is 4.47. The molecule has 5 aromatic carbocycles. The SMILES string of the molecule is C=C/C(C#N)=C\C=C(/C)N(/C(C)=C(/C)OC(=C)/C(C)=C\C)c1ccc2ccc3c(N(/C(C/C=C\C)=c4\oc5c(C)cccc5\c4=C\C)/C(C)=C/C=C(/C#N)C=C)ccc4ccc1c2c43.C=CCC(C)C/C=C\C.CC.CC.CC. The Hall–Kier alpha value is -8.32. The number of aryl methyl sites for hydroxylation is 1. The van der Waals surface area contributed by atoms with Crippen molar-refractivity contribution < 1.29 is 9.15 Å². The first kappa shape index (κ1) is 66.8. The lowest BCUT2D eigenvalue weighted by Gasteiger charge is -2.31. The van der Waals surface area contributed by atoms with Crippen LogP contribution >= 0.6 is 0 Å². The minimum atomic E-state index is 0.457. The second-order valence-corrected chi connectivity index (χ2v) is 18.1. The average Bonchev–Trinajstić information content (AvgIpc) is 3.92. The molecule has 0 saturated carbocycles. The van der Waals surface area contributed by atoms with Crippen molar-refractivity contribution in [3.8, 4) is 12.1 Å². The lowest BCUT2D eigenvalue weighted by molar-refractivity contribution is 0.312. The highest BCUT2D eigenvalue weighted by atomic mass is 16.5. The predicted molar refractivity (Wildman–Crippen MR) is 349 cm³/mol. The van der Waals surface area contributed by atoms with Crippen molar-refractivity contribution in [2.75, 3.05) is 9.80 Å². The van der Waals surface area contributed by atoms with E-state index in [-0.39, 0.29) is 0 Å². The molecule has 0 N–H and O–H groups in total. The summed E-state index contributed by atoms with van der Waals surface area (Å²) >= 11 is 0. The number of hydrogen-bond donors (Lipinski definition) is 0.